The number of ether oxygens (including phenoxy) is 1. The number of H-pyrrole nitrogens is 1. The molecule has 0 aliphatic carbocycles. The van der Waals surface area contributed by atoms with Crippen LogP contribution in [0.2, 0.25) is 0 Å². The molecule has 0 fully saturated rings. The van der Waals surface area contributed by atoms with Crippen LogP contribution in [0.3, 0.4) is 0 Å². The number of fused-ring (bicyclic) bond motifs is 1. The molecule has 0 spiro atoms. The number of benzene rings is 2. The van der Waals surface area contributed by atoms with Gasteiger partial charge in [-0.25, -0.2) is 0 Å². The maximum Gasteiger partial charge on any atom is 0.252 e. The number of aromatic amines is 1. The topological polar surface area (TPSA) is 83.2 Å². The van der Waals surface area contributed by atoms with E-state index in [2.05, 4.69) is 15.6 Å². The number of pyridine rings is 1. The Morgan fingerprint density at radius 2 is 1.88 bits per heavy atom. The molecule has 6 heteroatoms. The van der Waals surface area contributed by atoms with Gasteiger partial charge >= 0.3 is 0 Å². The van der Waals surface area contributed by atoms with Gasteiger partial charge in [0.15, 0.2) is 0 Å². The van der Waals surface area contributed by atoms with E-state index in [1.807, 2.05) is 31.2 Å². The third-order valence-electron chi connectivity index (χ3n) is 3.61. The SMILES string of the molecule is CCNCC(=O)Nc1ccc(Oc2cc(=O)[nH]c3ccccc23)cc1. The second kappa shape index (κ2) is 7.63. The van der Waals surface area contributed by atoms with Crippen LogP contribution in [0.1, 0.15) is 6.92 Å². The lowest BCUT2D eigenvalue weighted by molar-refractivity contribution is -0.115. The number of rotatable bonds is 6. The van der Waals surface area contributed by atoms with Crippen LogP contribution in [0.5, 0.6) is 11.5 Å². The normalized spacial score (nSPS) is 10.6. The summed E-state index contributed by atoms with van der Waals surface area (Å²) >= 11 is 0. The quantitative estimate of drug-likeness (QED) is 0.646. The van der Waals surface area contributed by atoms with Gasteiger partial charge in [-0.05, 0) is 42.9 Å². The molecular weight excluding hydrogens is 318 g/mol. The summed E-state index contributed by atoms with van der Waals surface area (Å²) in [6.45, 7) is 2.95. The van der Waals surface area contributed by atoms with Crippen LogP contribution in [0.25, 0.3) is 10.9 Å². The fourth-order valence-corrected chi connectivity index (χ4v) is 2.43. The van der Waals surface area contributed by atoms with Crippen molar-refractivity contribution in [2.24, 2.45) is 0 Å². The molecule has 0 aliphatic rings. The summed E-state index contributed by atoms with van der Waals surface area (Å²) in [6.07, 6.45) is 0. The number of amides is 1. The van der Waals surface area contributed by atoms with E-state index in [-0.39, 0.29) is 18.0 Å². The lowest BCUT2D eigenvalue weighted by Gasteiger charge is -2.10. The Balaban J connectivity index is 1.76. The fraction of sp³-hybridized carbons (Fsp3) is 0.158. The first-order valence-electron chi connectivity index (χ1n) is 8.06. The smallest absolute Gasteiger partial charge is 0.252 e. The predicted molar refractivity (Wildman–Crippen MR) is 98.3 cm³/mol. The van der Waals surface area contributed by atoms with Crippen molar-refractivity contribution in [1.82, 2.24) is 10.3 Å². The van der Waals surface area contributed by atoms with E-state index in [1.165, 1.54) is 6.07 Å². The number of likely N-dealkylation sites (N-methyl/N-ethyl adjacent to an activating group) is 1. The number of anilines is 1. The van der Waals surface area contributed by atoms with Crippen molar-refractivity contribution in [3.05, 3.63) is 65.0 Å². The number of carbonyl (C=O) groups excluding carboxylic acids is 1. The molecule has 3 aromatic rings. The fourth-order valence-electron chi connectivity index (χ4n) is 2.43. The van der Waals surface area contributed by atoms with Gasteiger partial charge < -0.3 is 20.4 Å². The molecule has 1 heterocycles. The molecule has 0 radical (unpaired) electrons. The third kappa shape index (κ3) is 4.24. The molecule has 1 amide bonds. The van der Waals surface area contributed by atoms with Crippen molar-refractivity contribution in [2.45, 2.75) is 6.92 Å². The Morgan fingerprint density at radius 1 is 1.12 bits per heavy atom. The number of hydrogen-bond donors (Lipinski definition) is 3. The van der Waals surface area contributed by atoms with E-state index in [0.29, 0.717) is 17.2 Å². The standard InChI is InChI=1S/C19H19N3O3/c1-2-20-12-19(24)21-13-7-9-14(10-8-13)25-17-11-18(23)22-16-6-4-3-5-15(16)17/h3-11,20H,2,12H2,1H3,(H,21,24)(H,22,23). The third-order valence-corrected chi connectivity index (χ3v) is 3.61. The number of carbonyl (C=O) groups is 1. The minimum absolute atomic E-state index is 0.101. The molecule has 0 aliphatic heterocycles. The van der Waals surface area contributed by atoms with Crippen LogP contribution < -0.4 is 20.9 Å². The minimum Gasteiger partial charge on any atom is -0.456 e. The van der Waals surface area contributed by atoms with E-state index in [4.69, 9.17) is 4.74 Å². The second-order valence-corrected chi connectivity index (χ2v) is 5.50. The molecule has 0 atom stereocenters. The molecule has 0 bridgehead atoms. The Morgan fingerprint density at radius 3 is 2.64 bits per heavy atom. The van der Waals surface area contributed by atoms with Crippen LogP contribution in [-0.4, -0.2) is 24.0 Å². The molecule has 3 N–H and O–H groups in total. The zero-order valence-electron chi connectivity index (χ0n) is 13.8. The summed E-state index contributed by atoms with van der Waals surface area (Å²) in [5.41, 5.74) is 1.18. The summed E-state index contributed by atoms with van der Waals surface area (Å²) in [7, 11) is 0. The molecule has 3 rings (SSSR count). The van der Waals surface area contributed by atoms with E-state index in [1.54, 1.807) is 24.3 Å². The van der Waals surface area contributed by atoms with Gasteiger partial charge in [0.1, 0.15) is 11.5 Å². The van der Waals surface area contributed by atoms with E-state index >= 15 is 0 Å². The van der Waals surface area contributed by atoms with E-state index in [0.717, 1.165) is 17.4 Å². The van der Waals surface area contributed by atoms with Gasteiger partial charge in [0.05, 0.1) is 12.1 Å². The monoisotopic (exact) mass is 337 g/mol. The molecule has 0 saturated carbocycles. The Labute approximate surface area is 144 Å². The Bertz CT molecular complexity index is 933. The number of hydrogen-bond acceptors (Lipinski definition) is 4. The Kier molecular flexibility index (Phi) is 5.11. The summed E-state index contributed by atoms with van der Waals surface area (Å²) in [5.74, 6) is 0.972. The average Bonchev–Trinajstić information content (AvgIpc) is 2.61. The van der Waals surface area contributed by atoms with Crippen molar-refractivity contribution in [3.8, 4) is 11.5 Å². The summed E-state index contributed by atoms with van der Waals surface area (Å²) in [4.78, 5) is 26.2. The zero-order chi connectivity index (χ0) is 17.6. The van der Waals surface area contributed by atoms with Crippen molar-refractivity contribution in [2.75, 3.05) is 18.4 Å². The predicted octanol–water partition coefficient (Wildman–Crippen LogP) is 2.87. The van der Waals surface area contributed by atoms with Gasteiger partial charge in [0, 0.05) is 17.1 Å². The van der Waals surface area contributed by atoms with Gasteiger partial charge in [-0.15, -0.1) is 0 Å². The number of para-hydroxylation sites is 1. The second-order valence-electron chi connectivity index (χ2n) is 5.50. The van der Waals surface area contributed by atoms with Gasteiger partial charge in [0.25, 0.3) is 5.56 Å². The lowest BCUT2D eigenvalue weighted by atomic mass is 10.2. The first kappa shape index (κ1) is 16.7. The highest BCUT2D eigenvalue weighted by molar-refractivity contribution is 5.92. The minimum atomic E-state index is -0.221. The molecule has 0 saturated heterocycles. The van der Waals surface area contributed by atoms with Crippen molar-refractivity contribution in [3.63, 3.8) is 0 Å². The molecular formula is C19H19N3O3. The van der Waals surface area contributed by atoms with Crippen molar-refractivity contribution < 1.29 is 9.53 Å². The molecule has 6 nitrogen and oxygen atoms in total. The van der Waals surface area contributed by atoms with Crippen LogP contribution in [-0.2, 0) is 4.79 Å². The summed E-state index contributed by atoms with van der Waals surface area (Å²) in [5, 5.41) is 6.58. The maximum absolute atomic E-state index is 11.8. The zero-order valence-corrected chi connectivity index (χ0v) is 13.8. The molecule has 25 heavy (non-hydrogen) atoms. The Hall–Kier alpha value is -3.12. The maximum atomic E-state index is 11.8. The van der Waals surface area contributed by atoms with Crippen LogP contribution >= 0.6 is 0 Å². The summed E-state index contributed by atoms with van der Waals surface area (Å²) < 4.78 is 5.85. The molecule has 0 unspecified atom stereocenters. The first-order chi connectivity index (χ1) is 12.2. The molecule has 2 aromatic carbocycles. The van der Waals surface area contributed by atoms with Crippen molar-refractivity contribution >= 4 is 22.5 Å². The van der Waals surface area contributed by atoms with Gasteiger partial charge in [0.2, 0.25) is 5.91 Å². The van der Waals surface area contributed by atoms with Crippen molar-refractivity contribution in [1.29, 1.82) is 0 Å². The van der Waals surface area contributed by atoms with Gasteiger partial charge in [-0.1, -0.05) is 19.1 Å². The van der Waals surface area contributed by atoms with E-state index < -0.39 is 0 Å². The van der Waals surface area contributed by atoms with Crippen LogP contribution in [0.4, 0.5) is 5.69 Å². The number of aromatic nitrogens is 1. The molecule has 128 valence electrons. The average molecular weight is 337 g/mol. The summed E-state index contributed by atoms with van der Waals surface area (Å²) in [6, 6.07) is 15.9. The van der Waals surface area contributed by atoms with E-state index in [9.17, 15) is 9.59 Å². The van der Waals surface area contributed by atoms with Crippen LogP contribution in [0, 0.1) is 0 Å². The highest BCUT2D eigenvalue weighted by Gasteiger charge is 2.06. The lowest BCUT2D eigenvalue weighted by Crippen LogP contribution is -2.27. The highest BCUT2D eigenvalue weighted by atomic mass is 16.5. The first-order valence-corrected chi connectivity index (χ1v) is 8.06. The number of nitrogens with one attached hydrogen (secondary N) is 3. The highest BCUT2D eigenvalue weighted by Crippen LogP contribution is 2.28. The molecule has 1 aromatic heterocycles. The largest absolute Gasteiger partial charge is 0.456 e. The van der Waals surface area contributed by atoms with Gasteiger partial charge in [-0.3, -0.25) is 9.59 Å². The van der Waals surface area contributed by atoms with Crippen LogP contribution in [0.15, 0.2) is 59.4 Å². The van der Waals surface area contributed by atoms with Gasteiger partial charge in [-0.2, -0.15) is 0 Å².